The lowest BCUT2D eigenvalue weighted by Crippen LogP contribution is -2.00. The lowest BCUT2D eigenvalue weighted by atomic mass is 10.3. The molecule has 0 amide bonds. The van der Waals surface area contributed by atoms with Gasteiger partial charge in [0, 0.05) is 5.02 Å². The molecule has 0 saturated heterocycles. The zero-order chi connectivity index (χ0) is 13.1. The fourth-order valence-corrected chi connectivity index (χ4v) is 1.73. The molecule has 94 valence electrons. The first kappa shape index (κ1) is 12.9. The van der Waals surface area contributed by atoms with Gasteiger partial charge in [-0.15, -0.1) is 0 Å². The lowest BCUT2D eigenvalue weighted by molar-refractivity contribution is 0.413. The van der Waals surface area contributed by atoms with E-state index in [2.05, 4.69) is 15.3 Å². The van der Waals surface area contributed by atoms with Crippen molar-refractivity contribution in [3.05, 3.63) is 40.5 Å². The van der Waals surface area contributed by atoms with Gasteiger partial charge >= 0.3 is 0 Å². The first-order valence-corrected chi connectivity index (χ1v) is 5.64. The highest BCUT2D eigenvalue weighted by atomic mass is 35.5. The van der Waals surface area contributed by atoms with Crippen molar-refractivity contribution in [3.8, 4) is 5.75 Å². The molecule has 2 rings (SSSR count). The number of halogens is 3. The Kier molecular flexibility index (Phi) is 3.84. The van der Waals surface area contributed by atoms with Crippen molar-refractivity contribution in [2.24, 2.45) is 0 Å². The summed E-state index contributed by atoms with van der Waals surface area (Å²) in [6, 6.07) is 4.14. The molecule has 1 aromatic carbocycles. The van der Waals surface area contributed by atoms with Crippen molar-refractivity contribution in [1.82, 2.24) is 9.97 Å². The maximum absolute atomic E-state index is 13.6. The fraction of sp³-hybridized carbons (Fsp3) is 0.0909. The van der Waals surface area contributed by atoms with Crippen molar-refractivity contribution in [2.75, 3.05) is 12.4 Å². The largest absolute Gasteiger partial charge is 0.490 e. The van der Waals surface area contributed by atoms with Crippen molar-refractivity contribution in [1.29, 1.82) is 0 Å². The summed E-state index contributed by atoms with van der Waals surface area (Å²) in [6.45, 7) is 0. The van der Waals surface area contributed by atoms with Gasteiger partial charge in [0.1, 0.15) is 12.1 Å². The van der Waals surface area contributed by atoms with Crippen LogP contribution in [-0.2, 0) is 0 Å². The number of nitrogens with zero attached hydrogens (tertiary/aromatic N) is 2. The van der Waals surface area contributed by atoms with Crippen LogP contribution in [-0.4, -0.2) is 17.1 Å². The Hall–Kier alpha value is -1.59. The highest BCUT2D eigenvalue weighted by Crippen LogP contribution is 2.32. The number of methoxy groups -OCH3 is 1. The van der Waals surface area contributed by atoms with E-state index >= 15 is 0 Å². The molecule has 0 bridgehead atoms. The van der Waals surface area contributed by atoms with Crippen LogP contribution < -0.4 is 10.1 Å². The number of anilines is 2. The second-order valence-electron chi connectivity index (χ2n) is 3.30. The zero-order valence-corrected chi connectivity index (χ0v) is 10.8. The van der Waals surface area contributed by atoms with E-state index in [1.165, 1.54) is 31.6 Å². The third-order valence-electron chi connectivity index (χ3n) is 2.15. The Morgan fingerprint density at radius 2 is 2.06 bits per heavy atom. The van der Waals surface area contributed by atoms with Crippen LogP contribution in [0.5, 0.6) is 5.75 Å². The van der Waals surface area contributed by atoms with E-state index in [0.29, 0.717) is 5.02 Å². The van der Waals surface area contributed by atoms with E-state index in [0.717, 1.165) is 0 Å². The van der Waals surface area contributed by atoms with Gasteiger partial charge in [-0.05, 0) is 18.2 Å². The second-order valence-corrected chi connectivity index (χ2v) is 4.09. The van der Waals surface area contributed by atoms with Gasteiger partial charge in [0.05, 0.1) is 12.8 Å². The van der Waals surface area contributed by atoms with Crippen LogP contribution in [0.25, 0.3) is 0 Å². The molecule has 0 unspecified atom stereocenters. The molecule has 0 aliphatic carbocycles. The molecule has 0 spiro atoms. The normalized spacial score (nSPS) is 10.2. The van der Waals surface area contributed by atoms with E-state index in [-0.39, 0.29) is 22.4 Å². The first-order chi connectivity index (χ1) is 8.61. The van der Waals surface area contributed by atoms with E-state index in [9.17, 15) is 4.39 Å². The molecule has 7 heteroatoms. The van der Waals surface area contributed by atoms with Crippen LogP contribution in [0.15, 0.2) is 24.5 Å². The van der Waals surface area contributed by atoms with E-state index in [4.69, 9.17) is 27.9 Å². The molecule has 18 heavy (non-hydrogen) atoms. The van der Waals surface area contributed by atoms with Crippen LogP contribution in [0.1, 0.15) is 0 Å². The van der Waals surface area contributed by atoms with Crippen molar-refractivity contribution in [3.63, 3.8) is 0 Å². The van der Waals surface area contributed by atoms with E-state index in [1.54, 1.807) is 0 Å². The van der Waals surface area contributed by atoms with Crippen LogP contribution in [0, 0.1) is 5.82 Å². The Morgan fingerprint density at radius 3 is 2.78 bits per heavy atom. The summed E-state index contributed by atoms with van der Waals surface area (Å²) in [5, 5.41) is 3.29. The number of nitrogens with one attached hydrogen (secondary N) is 1. The Balaban J connectivity index is 2.40. The van der Waals surface area contributed by atoms with Gasteiger partial charge in [0.15, 0.2) is 16.7 Å². The molecular formula is C11H8Cl2FN3O. The minimum atomic E-state index is -0.462. The average molecular weight is 288 g/mol. The van der Waals surface area contributed by atoms with Crippen LogP contribution in [0.2, 0.25) is 10.2 Å². The van der Waals surface area contributed by atoms with Gasteiger partial charge < -0.3 is 10.1 Å². The molecule has 0 aliphatic heterocycles. The van der Waals surface area contributed by atoms with Crippen LogP contribution >= 0.6 is 23.2 Å². The van der Waals surface area contributed by atoms with Gasteiger partial charge in [-0.3, -0.25) is 0 Å². The molecule has 1 heterocycles. The molecule has 1 aromatic heterocycles. The lowest BCUT2D eigenvalue weighted by Gasteiger charge is -2.11. The summed E-state index contributed by atoms with van der Waals surface area (Å²) < 4.78 is 18.6. The number of hydrogen-bond donors (Lipinski definition) is 1. The molecule has 1 N–H and O–H groups in total. The zero-order valence-electron chi connectivity index (χ0n) is 9.25. The summed E-state index contributed by atoms with van der Waals surface area (Å²) in [5.41, 5.74) is 0.176. The molecule has 0 aliphatic rings. The molecular weight excluding hydrogens is 280 g/mol. The quantitative estimate of drug-likeness (QED) is 0.875. The highest BCUT2D eigenvalue weighted by Gasteiger charge is 2.12. The van der Waals surface area contributed by atoms with Crippen molar-refractivity contribution in [2.45, 2.75) is 0 Å². The monoisotopic (exact) mass is 287 g/mol. The van der Waals surface area contributed by atoms with Gasteiger partial charge in [0.25, 0.3) is 0 Å². The predicted molar refractivity (Wildman–Crippen MR) is 68.3 cm³/mol. The summed E-state index contributed by atoms with van der Waals surface area (Å²) in [6.07, 6.45) is 1.25. The average Bonchev–Trinajstić information content (AvgIpc) is 2.34. The fourth-order valence-electron chi connectivity index (χ4n) is 1.34. The molecule has 0 saturated carbocycles. The third-order valence-corrected chi connectivity index (χ3v) is 2.65. The van der Waals surface area contributed by atoms with Gasteiger partial charge in [-0.1, -0.05) is 23.2 Å². The highest BCUT2D eigenvalue weighted by molar-refractivity contribution is 6.31. The number of ether oxygens (including phenoxy) is 1. The molecule has 4 nitrogen and oxygen atoms in total. The molecule has 0 radical (unpaired) electrons. The van der Waals surface area contributed by atoms with Gasteiger partial charge in [-0.2, -0.15) is 0 Å². The molecule has 2 aromatic rings. The minimum absolute atomic E-state index is 0.137. The minimum Gasteiger partial charge on any atom is -0.490 e. The number of rotatable bonds is 3. The molecule has 0 fully saturated rings. The summed E-state index contributed by atoms with van der Waals surface area (Å²) in [7, 11) is 1.42. The first-order valence-electron chi connectivity index (χ1n) is 4.88. The molecule has 0 atom stereocenters. The standard InChI is InChI=1S/C11H8Cl2FN3O/c1-18-9-10(13)15-5-16-11(9)17-8-4-6(12)2-3-7(8)14/h2-5H,1H3,(H,15,16,17). The Labute approximate surface area is 113 Å². The Morgan fingerprint density at radius 1 is 1.28 bits per heavy atom. The summed E-state index contributed by atoms with van der Waals surface area (Å²) in [4.78, 5) is 7.70. The van der Waals surface area contributed by atoms with Crippen molar-refractivity contribution < 1.29 is 9.13 Å². The Bertz CT molecular complexity index is 580. The van der Waals surface area contributed by atoms with Crippen LogP contribution in [0.3, 0.4) is 0 Å². The topological polar surface area (TPSA) is 47.0 Å². The number of hydrogen-bond acceptors (Lipinski definition) is 4. The number of aromatic nitrogens is 2. The van der Waals surface area contributed by atoms with E-state index in [1.807, 2.05) is 0 Å². The predicted octanol–water partition coefficient (Wildman–Crippen LogP) is 3.67. The summed E-state index contributed by atoms with van der Waals surface area (Å²) in [5.74, 6) is 0.0356. The maximum atomic E-state index is 13.6. The van der Waals surface area contributed by atoms with E-state index < -0.39 is 5.82 Å². The van der Waals surface area contributed by atoms with Gasteiger partial charge in [-0.25, -0.2) is 14.4 Å². The summed E-state index contributed by atoms with van der Waals surface area (Å²) >= 11 is 11.6. The second kappa shape index (κ2) is 5.37. The maximum Gasteiger partial charge on any atom is 0.199 e. The third kappa shape index (κ3) is 2.63. The van der Waals surface area contributed by atoms with Gasteiger partial charge in [0.2, 0.25) is 0 Å². The number of benzene rings is 1. The SMILES string of the molecule is COc1c(Cl)ncnc1Nc1cc(Cl)ccc1F. The van der Waals surface area contributed by atoms with Crippen molar-refractivity contribution >= 4 is 34.7 Å². The van der Waals surface area contributed by atoms with Crippen LogP contribution in [0.4, 0.5) is 15.9 Å². The smallest absolute Gasteiger partial charge is 0.199 e.